The van der Waals surface area contributed by atoms with E-state index < -0.39 is 0 Å². The third-order valence-corrected chi connectivity index (χ3v) is 5.99. The van der Waals surface area contributed by atoms with Crippen LogP contribution in [0, 0.1) is 19.7 Å². The average Bonchev–Trinajstić information content (AvgIpc) is 2.69. The molecule has 0 aliphatic carbocycles. The lowest BCUT2D eigenvalue weighted by atomic mass is 10.0. The van der Waals surface area contributed by atoms with Crippen molar-refractivity contribution in [2.24, 2.45) is 0 Å². The molecule has 0 saturated carbocycles. The summed E-state index contributed by atoms with van der Waals surface area (Å²) in [5.74, 6) is -0.237. The molecule has 0 aromatic heterocycles. The Morgan fingerprint density at radius 3 is 1.86 bits per heavy atom. The van der Waals surface area contributed by atoms with Gasteiger partial charge < -0.3 is 0 Å². The predicted octanol–water partition coefficient (Wildman–Crippen LogP) is 8.40. The summed E-state index contributed by atoms with van der Waals surface area (Å²) in [7, 11) is 0. The maximum atomic E-state index is 13.4. The molecule has 28 heavy (non-hydrogen) atoms. The Bertz CT molecular complexity index is 982. The standard InChI is InChI=1S/C25H21Br2F/c1-17-3-7-20(8-4-17)24(26)15-22(19-11-13-23(28)14-12-19)16-25(27)21-9-5-18(2)6-10-21/h3-16,24H,1-2H3/b22-15-,25-16-. The summed E-state index contributed by atoms with van der Waals surface area (Å²) in [4.78, 5) is 0.0442. The monoisotopic (exact) mass is 498 g/mol. The lowest BCUT2D eigenvalue weighted by Crippen LogP contribution is -1.90. The topological polar surface area (TPSA) is 0 Å². The van der Waals surface area contributed by atoms with Gasteiger partial charge in [0.2, 0.25) is 0 Å². The molecule has 0 bridgehead atoms. The number of hydrogen-bond donors (Lipinski definition) is 0. The first-order valence-corrected chi connectivity index (χ1v) is 10.8. The first-order chi connectivity index (χ1) is 13.4. The maximum absolute atomic E-state index is 13.4. The van der Waals surface area contributed by atoms with Crippen LogP contribution in [0.3, 0.4) is 0 Å². The molecule has 0 heterocycles. The van der Waals surface area contributed by atoms with E-state index in [9.17, 15) is 4.39 Å². The third kappa shape index (κ3) is 5.52. The van der Waals surface area contributed by atoms with Crippen molar-refractivity contribution in [2.45, 2.75) is 18.7 Å². The number of halogens is 3. The van der Waals surface area contributed by atoms with Gasteiger partial charge in [0, 0.05) is 4.48 Å². The minimum Gasteiger partial charge on any atom is -0.207 e. The van der Waals surface area contributed by atoms with Crippen molar-refractivity contribution in [3.05, 3.63) is 119 Å². The van der Waals surface area contributed by atoms with Crippen LogP contribution in [0.4, 0.5) is 4.39 Å². The molecule has 0 radical (unpaired) electrons. The molecule has 1 atom stereocenters. The maximum Gasteiger partial charge on any atom is 0.123 e. The lowest BCUT2D eigenvalue weighted by molar-refractivity contribution is 0.627. The van der Waals surface area contributed by atoms with Gasteiger partial charge >= 0.3 is 0 Å². The van der Waals surface area contributed by atoms with Crippen LogP contribution in [-0.2, 0) is 0 Å². The second-order valence-corrected chi connectivity index (χ2v) is 8.64. The van der Waals surface area contributed by atoms with Crippen molar-refractivity contribution < 1.29 is 4.39 Å². The van der Waals surface area contributed by atoms with Crippen LogP contribution in [0.5, 0.6) is 0 Å². The second-order valence-electron chi connectivity index (χ2n) is 6.80. The Kier molecular flexibility index (Phi) is 7.03. The molecular weight excluding hydrogens is 479 g/mol. The van der Waals surface area contributed by atoms with Crippen LogP contribution >= 0.6 is 31.9 Å². The van der Waals surface area contributed by atoms with Gasteiger partial charge in [0.25, 0.3) is 0 Å². The molecule has 3 aromatic carbocycles. The number of hydrogen-bond acceptors (Lipinski definition) is 0. The summed E-state index contributed by atoms with van der Waals surface area (Å²) in [6.45, 7) is 4.15. The van der Waals surface area contributed by atoms with E-state index >= 15 is 0 Å². The zero-order valence-corrected chi connectivity index (χ0v) is 19.0. The van der Waals surface area contributed by atoms with Gasteiger partial charge in [-0.15, -0.1) is 0 Å². The first kappa shape index (κ1) is 20.8. The van der Waals surface area contributed by atoms with E-state index in [-0.39, 0.29) is 10.6 Å². The fraction of sp³-hybridized carbons (Fsp3) is 0.120. The van der Waals surface area contributed by atoms with E-state index in [1.165, 1.54) is 28.8 Å². The third-order valence-electron chi connectivity index (χ3n) is 4.51. The highest BCUT2D eigenvalue weighted by Crippen LogP contribution is 2.32. The summed E-state index contributed by atoms with van der Waals surface area (Å²) < 4.78 is 14.4. The van der Waals surface area contributed by atoms with E-state index in [0.29, 0.717) is 0 Å². The zero-order valence-electron chi connectivity index (χ0n) is 15.8. The van der Waals surface area contributed by atoms with Gasteiger partial charge in [-0.25, -0.2) is 4.39 Å². The number of aryl methyl sites for hydroxylation is 2. The quantitative estimate of drug-likeness (QED) is 0.244. The molecule has 3 aromatic rings. The summed E-state index contributed by atoms with van der Waals surface area (Å²) >= 11 is 7.49. The Morgan fingerprint density at radius 1 is 0.786 bits per heavy atom. The fourth-order valence-corrected chi connectivity index (χ4v) is 3.91. The van der Waals surface area contributed by atoms with Gasteiger partial charge in [0.1, 0.15) is 5.82 Å². The van der Waals surface area contributed by atoms with E-state index in [1.54, 1.807) is 0 Å². The normalized spacial score (nSPS) is 13.5. The summed E-state index contributed by atoms with van der Waals surface area (Å²) in [5.41, 5.74) is 6.69. The molecule has 142 valence electrons. The van der Waals surface area contributed by atoms with Crippen LogP contribution < -0.4 is 0 Å². The first-order valence-electron chi connectivity index (χ1n) is 9.05. The fourth-order valence-electron chi connectivity index (χ4n) is 2.81. The van der Waals surface area contributed by atoms with Crippen molar-refractivity contribution in [1.29, 1.82) is 0 Å². The van der Waals surface area contributed by atoms with Crippen molar-refractivity contribution in [1.82, 2.24) is 0 Å². The largest absolute Gasteiger partial charge is 0.207 e. The number of rotatable bonds is 5. The van der Waals surface area contributed by atoms with Gasteiger partial charge in [0.15, 0.2) is 0 Å². The van der Waals surface area contributed by atoms with Crippen LogP contribution in [-0.4, -0.2) is 0 Å². The highest BCUT2D eigenvalue weighted by atomic mass is 79.9. The van der Waals surface area contributed by atoms with Gasteiger partial charge in [-0.1, -0.05) is 110 Å². The molecule has 0 spiro atoms. The molecule has 0 nitrogen and oxygen atoms in total. The summed E-state index contributed by atoms with van der Waals surface area (Å²) in [6.07, 6.45) is 4.23. The minimum atomic E-state index is -0.237. The molecule has 0 amide bonds. The van der Waals surface area contributed by atoms with Gasteiger partial charge in [-0.05, 0) is 54.3 Å². The van der Waals surface area contributed by atoms with Gasteiger partial charge in [-0.3, -0.25) is 0 Å². The van der Waals surface area contributed by atoms with E-state index in [1.807, 2.05) is 12.1 Å². The molecule has 0 N–H and O–H groups in total. The lowest BCUT2D eigenvalue weighted by Gasteiger charge is -2.11. The number of alkyl halides is 1. The van der Waals surface area contributed by atoms with Crippen LogP contribution in [0.15, 0.2) is 84.9 Å². The predicted molar refractivity (Wildman–Crippen MR) is 125 cm³/mol. The van der Waals surface area contributed by atoms with Crippen molar-refractivity contribution in [3.8, 4) is 0 Å². The minimum absolute atomic E-state index is 0.0442. The zero-order chi connectivity index (χ0) is 20.1. The molecule has 0 fully saturated rings. The Morgan fingerprint density at radius 2 is 1.29 bits per heavy atom. The smallest absolute Gasteiger partial charge is 0.123 e. The van der Waals surface area contributed by atoms with Crippen molar-refractivity contribution >= 4 is 41.9 Å². The van der Waals surface area contributed by atoms with Crippen molar-refractivity contribution in [2.75, 3.05) is 0 Å². The Balaban J connectivity index is 2.01. The Hall–Kier alpha value is -1.97. The van der Waals surface area contributed by atoms with Gasteiger partial charge in [-0.2, -0.15) is 0 Å². The number of benzene rings is 3. The summed E-state index contributed by atoms with van der Waals surface area (Å²) in [5, 5.41) is 0. The molecule has 0 aliphatic heterocycles. The molecule has 1 unspecified atom stereocenters. The average molecular weight is 500 g/mol. The van der Waals surface area contributed by atoms with Crippen molar-refractivity contribution in [3.63, 3.8) is 0 Å². The van der Waals surface area contributed by atoms with E-state index in [4.69, 9.17) is 0 Å². The highest BCUT2D eigenvalue weighted by Gasteiger charge is 2.09. The van der Waals surface area contributed by atoms with Gasteiger partial charge in [0.05, 0.1) is 4.83 Å². The van der Waals surface area contributed by atoms with E-state index in [2.05, 4.69) is 106 Å². The molecular formula is C25H21Br2F. The molecule has 0 saturated heterocycles. The molecule has 0 aliphatic rings. The summed E-state index contributed by atoms with van der Waals surface area (Å²) in [6, 6.07) is 23.4. The highest BCUT2D eigenvalue weighted by molar-refractivity contribution is 9.15. The van der Waals surface area contributed by atoms with E-state index in [0.717, 1.165) is 21.2 Å². The van der Waals surface area contributed by atoms with Crippen LogP contribution in [0.2, 0.25) is 0 Å². The molecule has 3 rings (SSSR count). The number of allylic oxidation sites excluding steroid dienone is 3. The SMILES string of the molecule is Cc1ccc(/C(Br)=C/C(=C/C(Br)c2ccc(C)cc2)c2ccc(F)cc2)cc1. The Labute approximate surface area is 183 Å². The molecule has 3 heteroatoms. The van der Waals surface area contributed by atoms with Crippen LogP contribution in [0.1, 0.15) is 32.6 Å². The van der Waals surface area contributed by atoms with Crippen LogP contribution in [0.25, 0.3) is 10.1 Å². The second kappa shape index (κ2) is 9.49.